The Bertz CT molecular complexity index is 917. The minimum Gasteiger partial charge on any atom is -0.480 e. The zero-order valence-corrected chi connectivity index (χ0v) is 21.2. The van der Waals surface area contributed by atoms with Gasteiger partial charge >= 0.3 is 5.97 Å². The van der Waals surface area contributed by atoms with Crippen molar-refractivity contribution in [1.29, 1.82) is 0 Å². The van der Waals surface area contributed by atoms with Crippen LogP contribution in [0.2, 0.25) is 0 Å². The summed E-state index contributed by atoms with van der Waals surface area (Å²) in [4.78, 5) is 70.8. The van der Waals surface area contributed by atoms with E-state index in [0.717, 1.165) is 4.90 Å². The molecule has 4 amide bonds. The van der Waals surface area contributed by atoms with Crippen molar-refractivity contribution < 1.29 is 29.1 Å². The van der Waals surface area contributed by atoms with Gasteiger partial charge in [-0.3, -0.25) is 29.2 Å². The van der Waals surface area contributed by atoms with Crippen molar-refractivity contribution >= 4 is 41.5 Å². The number of nitrogens with one attached hydrogen (secondary N) is 2. The Morgan fingerprint density at radius 2 is 1.42 bits per heavy atom. The first-order valence-corrected chi connectivity index (χ1v) is 12.1. The molecule has 0 spiro atoms. The van der Waals surface area contributed by atoms with Crippen molar-refractivity contribution in [2.45, 2.75) is 69.1 Å². The molecule has 214 valence electrons. The summed E-state index contributed by atoms with van der Waals surface area (Å²) in [6.07, 6.45) is 1.09. The standard InChI is InChI=1S/C21H39N11O6/c22-11(4-1-7-28-20(24)25)16(34)30-12(5-2-8-29-21(26)27)17(35)31-13(10-15(23)33)18(36)32-9-3-6-14(32)19(37)38/h11-14H,1-10,22H2,(H2,23,33)(H,30,34)(H,31,35)(H,37,38)(H4,24,25,28)(H4,26,27,29). The van der Waals surface area contributed by atoms with E-state index >= 15 is 0 Å². The molecule has 0 aromatic rings. The summed E-state index contributed by atoms with van der Waals surface area (Å²) in [6.45, 7) is 0.565. The molecule has 0 bridgehead atoms. The summed E-state index contributed by atoms with van der Waals surface area (Å²) in [5, 5.41) is 14.4. The van der Waals surface area contributed by atoms with Crippen molar-refractivity contribution in [3.63, 3.8) is 0 Å². The van der Waals surface area contributed by atoms with Gasteiger partial charge < -0.3 is 55.0 Å². The normalized spacial score (nSPS) is 17.0. The van der Waals surface area contributed by atoms with E-state index in [-0.39, 0.29) is 57.2 Å². The lowest BCUT2D eigenvalue weighted by atomic mass is 10.1. The van der Waals surface area contributed by atoms with E-state index in [0.29, 0.717) is 12.8 Å². The maximum absolute atomic E-state index is 13.2. The fraction of sp³-hybridized carbons (Fsp3) is 0.667. The van der Waals surface area contributed by atoms with E-state index in [1.165, 1.54) is 0 Å². The molecule has 0 aromatic heterocycles. The number of guanidine groups is 2. The molecule has 0 aliphatic carbocycles. The van der Waals surface area contributed by atoms with Crippen LogP contribution in [0.4, 0.5) is 0 Å². The number of carbonyl (C=O) groups is 5. The molecule has 1 fully saturated rings. The third-order valence-corrected chi connectivity index (χ3v) is 5.72. The number of carboxylic acids is 1. The molecular weight excluding hydrogens is 502 g/mol. The average molecular weight is 542 g/mol. The predicted octanol–water partition coefficient (Wildman–Crippen LogP) is -4.66. The van der Waals surface area contributed by atoms with Crippen LogP contribution in [0.3, 0.4) is 0 Å². The smallest absolute Gasteiger partial charge is 0.326 e. The summed E-state index contributed by atoms with van der Waals surface area (Å²) in [5.74, 6) is -4.51. The van der Waals surface area contributed by atoms with Crippen molar-refractivity contribution in [3.05, 3.63) is 0 Å². The van der Waals surface area contributed by atoms with E-state index < -0.39 is 60.2 Å². The van der Waals surface area contributed by atoms with E-state index in [1.807, 2.05) is 0 Å². The highest BCUT2D eigenvalue weighted by atomic mass is 16.4. The van der Waals surface area contributed by atoms with Gasteiger partial charge in [0.1, 0.15) is 18.1 Å². The maximum atomic E-state index is 13.2. The second kappa shape index (κ2) is 15.9. The van der Waals surface area contributed by atoms with Crippen LogP contribution in [0.15, 0.2) is 9.98 Å². The topological polar surface area (TPSA) is 314 Å². The zero-order valence-electron chi connectivity index (χ0n) is 21.2. The van der Waals surface area contributed by atoms with Crippen LogP contribution in [-0.2, 0) is 24.0 Å². The van der Waals surface area contributed by atoms with Gasteiger partial charge in [-0.25, -0.2) is 4.79 Å². The molecule has 0 saturated carbocycles. The number of carbonyl (C=O) groups excluding carboxylic acids is 4. The first-order chi connectivity index (χ1) is 17.8. The van der Waals surface area contributed by atoms with Crippen LogP contribution in [0.5, 0.6) is 0 Å². The van der Waals surface area contributed by atoms with Crippen LogP contribution in [0.25, 0.3) is 0 Å². The number of primary amides is 1. The Morgan fingerprint density at radius 1 is 0.868 bits per heavy atom. The quantitative estimate of drug-likeness (QED) is 0.0508. The van der Waals surface area contributed by atoms with E-state index in [4.69, 9.17) is 34.4 Å². The highest BCUT2D eigenvalue weighted by molar-refractivity contribution is 5.96. The lowest BCUT2D eigenvalue weighted by Gasteiger charge is -2.28. The van der Waals surface area contributed by atoms with Gasteiger partial charge in [0, 0.05) is 19.6 Å². The van der Waals surface area contributed by atoms with Crippen molar-refractivity contribution in [1.82, 2.24) is 15.5 Å². The molecule has 1 rings (SSSR count). The second-order valence-electron chi connectivity index (χ2n) is 8.82. The summed E-state index contributed by atoms with van der Waals surface area (Å²) in [7, 11) is 0. The van der Waals surface area contributed by atoms with Gasteiger partial charge in [0.05, 0.1) is 12.5 Å². The Hall–Kier alpha value is -4.15. The van der Waals surface area contributed by atoms with Crippen molar-refractivity contribution in [2.24, 2.45) is 44.4 Å². The van der Waals surface area contributed by atoms with Crippen LogP contribution < -0.4 is 45.0 Å². The highest BCUT2D eigenvalue weighted by Crippen LogP contribution is 2.19. The second-order valence-corrected chi connectivity index (χ2v) is 8.82. The summed E-state index contributed by atoms with van der Waals surface area (Å²) >= 11 is 0. The number of nitrogens with zero attached hydrogens (tertiary/aromatic N) is 3. The third-order valence-electron chi connectivity index (χ3n) is 5.72. The molecule has 1 saturated heterocycles. The SMILES string of the molecule is NC(=O)CC(NC(=O)C(CCCN=C(N)N)NC(=O)C(N)CCCN=C(N)N)C(=O)N1CCCC1C(=O)O. The predicted molar refractivity (Wildman–Crippen MR) is 138 cm³/mol. The minimum absolute atomic E-state index is 0.0635. The lowest BCUT2D eigenvalue weighted by Crippen LogP contribution is -2.57. The fourth-order valence-electron chi connectivity index (χ4n) is 3.86. The molecule has 0 radical (unpaired) electrons. The first-order valence-electron chi connectivity index (χ1n) is 12.1. The first kappa shape index (κ1) is 31.9. The summed E-state index contributed by atoms with van der Waals surface area (Å²) in [6, 6.07) is -4.66. The van der Waals surface area contributed by atoms with Gasteiger partial charge in [-0.2, -0.15) is 0 Å². The number of hydrogen-bond donors (Lipinski definition) is 9. The number of nitrogens with two attached hydrogens (primary N) is 6. The van der Waals surface area contributed by atoms with Gasteiger partial charge in [0.15, 0.2) is 11.9 Å². The molecule has 4 atom stereocenters. The molecule has 17 heteroatoms. The molecule has 17 nitrogen and oxygen atoms in total. The molecule has 38 heavy (non-hydrogen) atoms. The van der Waals surface area contributed by atoms with Crippen molar-refractivity contribution in [3.8, 4) is 0 Å². The number of amides is 4. The van der Waals surface area contributed by atoms with E-state index in [9.17, 15) is 29.1 Å². The largest absolute Gasteiger partial charge is 0.480 e. The number of carboxylic acid groups (broad SMARTS) is 1. The Labute approximate surface area is 219 Å². The molecule has 1 aliphatic heterocycles. The molecule has 1 aliphatic rings. The number of likely N-dealkylation sites (tertiary alicyclic amines) is 1. The van der Waals surface area contributed by atoms with Crippen LogP contribution >= 0.6 is 0 Å². The van der Waals surface area contributed by atoms with E-state index in [2.05, 4.69) is 20.6 Å². The number of hydrogen-bond acceptors (Lipinski definition) is 8. The maximum Gasteiger partial charge on any atom is 0.326 e. The molecular formula is C21H39N11O6. The van der Waals surface area contributed by atoms with Gasteiger partial charge in [-0.1, -0.05) is 0 Å². The number of aliphatic imine (C=N–C) groups is 2. The lowest BCUT2D eigenvalue weighted by molar-refractivity contribution is -0.149. The van der Waals surface area contributed by atoms with Gasteiger partial charge in [-0.05, 0) is 38.5 Å². The highest BCUT2D eigenvalue weighted by Gasteiger charge is 2.39. The Balaban J connectivity index is 2.98. The number of rotatable bonds is 16. The summed E-state index contributed by atoms with van der Waals surface area (Å²) in [5.41, 5.74) is 32.4. The Kier molecular flexibility index (Phi) is 13.3. The van der Waals surface area contributed by atoms with Crippen molar-refractivity contribution in [2.75, 3.05) is 19.6 Å². The van der Waals surface area contributed by atoms with Gasteiger partial charge in [0.2, 0.25) is 23.6 Å². The zero-order chi connectivity index (χ0) is 28.8. The third kappa shape index (κ3) is 11.3. The van der Waals surface area contributed by atoms with Gasteiger partial charge in [-0.15, -0.1) is 0 Å². The number of aliphatic carboxylic acids is 1. The van der Waals surface area contributed by atoms with Gasteiger partial charge in [0.25, 0.3) is 0 Å². The average Bonchev–Trinajstić information content (AvgIpc) is 3.32. The molecule has 0 aromatic carbocycles. The Morgan fingerprint density at radius 3 is 1.95 bits per heavy atom. The van der Waals surface area contributed by atoms with Crippen LogP contribution in [0.1, 0.15) is 44.9 Å². The monoisotopic (exact) mass is 541 g/mol. The molecule has 1 heterocycles. The van der Waals surface area contributed by atoms with Crippen LogP contribution in [-0.4, -0.2) is 95.3 Å². The van der Waals surface area contributed by atoms with Crippen LogP contribution in [0, 0.1) is 0 Å². The summed E-state index contributed by atoms with van der Waals surface area (Å²) < 4.78 is 0. The minimum atomic E-state index is -1.43. The molecule has 15 N–H and O–H groups in total. The fourth-order valence-corrected chi connectivity index (χ4v) is 3.86. The molecule has 4 unspecified atom stereocenters. The van der Waals surface area contributed by atoms with E-state index in [1.54, 1.807) is 0 Å².